The first kappa shape index (κ1) is 23.4. The van der Waals surface area contributed by atoms with Gasteiger partial charge in [0, 0.05) is 30.4 Å². The molecule has 184 valence electrons. The molecule has 9 heteroatoms. The monoisotopic (exact) mass is 482 g/mol. The number of rotatable bonds is 8. The Morgan fingerprint density at radius 3 is 2.69 bits per heavy atom. The minimum absolute atomic E-state index is 0.0722. The number of H-pyrrole nitrogens is 1. The second-order valence-electron chi connectivity index (χ2n) is 9.43. The van der Waals surface area contributed by atoms with Crippen molar-refractivity contribution in [1.29, 1.82) is 0 Å². The number of hydrogen-bond acceptors (Lipinski definition) is 5. The third-order valence-corrected chi connectivity index (χ3v) is 6.93. The lowest BCUT2D eigenvalue weighted by Gasteiger charge is -2.33. The molecule has 1 aromatic carbocycles. The molecule has 0 spiro atoms. The molecule has 7 nitrogen and oxygen atoms in total. The van der Waals surface area contributed by atoms with E-state index in [0.717, 1.165) is 43.4 Å². The van der Waals surface area contributed by atoms with Gasteiger partial charge in [-0.2, -0.15) is 8.78 Å². The van der Waals surface area contributed by atoms with Crippen molar-refractivity contribution in [2.75, 3.05) is 24.6 Å². The van der Waals surface area contributed by atoms with Gasteiger partial charge in [0.25, 0.3) is 5.92 Å². The molecule has 3 heterocycles. The van der Waals surface area contributed by atoms with Crippen LogP contribution in [-0.4, -0.2) is 51.8 Å². The van der Waals surface area contributed by atoms with E-state index >= 15 is 0 Å². The number of aliphatic carboxylic acids is 1. The number of halogens is 2. The van der Waals surface area contributed by atoms with Crippen LogP contribution in [0.25, 0.3) is 22.4 Å². The number of carbonyl (C=O) groups is 1. The van der Waals surface area contributed by atoms with Gasteiger partial charge in [-0.25, -0.2) is 9.97 Å². The van der Waals surface area contributed by atoms with Crippen LogP contribution in [0, 0.1) is 5.41 Å². The van der Waals surface area contributed by atoms with Crippen molar-refractivity contribution in [2.45, 2.75) is 44.6 Å². The van der Waals surface area contributed by atoms with Crippen molar-refractivity contribution in [1.82, 2.24) is 15.0 Å². The Bertz CT molecular complexity index is 1240. The van der Waals surface area contributed by atoms with Gasteiger partial charge in [-0.05, 0) is 62.9 Å². The van der Waals surface area contributed by atoms with E-state index in [1.165, 1.54) is 18.2 Å². The van der Waals surface area contributed by atoms with Crippen LogP contribution >= 0.6 is 0 Å². The first-order valence-electron chi connectivity index (χ1n) is 11.9. The maximum absolute atomic E-state index is 14.2. The van der Waals surface area contributed by atoms with Crippen LogP contribution in [0.5, 0.6) is 0 Å². The molecule has 5 rings (SSSR count). The number of anilines is 1. The third-order valence-electron chi connectivity index (χ3n) is 6.93. The zero-order valence-electron chi connectivity index (χ0n) is 19.5. The Labute approximate surface area is 201 Å². The number of aromatic amines is 1. The molecule has 1 saturated carbocycles. The maximum atomic E-state index is 14.2. The number of piperidine rings is 1. The molecule has 3 aromatic rings. The third kappa shape index (κ3) is 4.77. The Morgan fingerprint density at radius 1 is 1.29 bits per heavy atom. The summed E-state index contributed by atoms with van der Waals surface area (Å²) < 4.78 is 34.4. The van der Waals surface area contributed by atoms with Gasteiger partial charge in [0.2, 0.25) is 0 Å². The van der Waals surface area contributed by atoms with Gasteiger partial charge in [0.1, 0.15) is 11.6 Å². The van der Waals surface area contributed by atoms with Crippen LogP contribution in [-0.2, 0) is 15.5 Å². The number of imidazole rings is 1. The summed E-state index contributed by atoms with van der Waals surface area (Å²) in [6.07, 6.45) is 7.07. The molecule has 2 aromatic heterocycles. The molecule has 0 bridgehead atoms. The number of benzene rings is 1. The second kappa shape index (κ2) is 9.03. The first-order valence-corrected chi connectivity index (χ1v) is 11.9. The predicted octanol–water partition coefficient (Wildman–Crippen LogP) is 5.14. The molecule has 2 aliphatic rings. The van der Waals surface area contributed by atoms with E-state index in [1.807, 2.05) is 12.1 Å². The molecule has 35 heavy (non-hydrogen) atoms. The molecular weight excluding hydrogens is 454 g/mol. The highest BCUT2D eigenvalue weighted by Crippen LogP contribution is 2.46. The van der Waals surface area contributed by atoms with Crippen LogP contribution in [0.4, 0.5) is 14.6 Å². The van der Waals surface area contributed by atoms with Crippen LogP contribution in [0.2, 0.25) is 0 Å². The Hall–Kier alpha value is -3.33. The summed E-state index contributed by atoms with van der Waals surface area (Å²) in [5.41, 5.74) is 1.19. The summed E-state index contributed by atoms with van der Waals surface area (Å²) in [5, 5.41) is 9.30. The number of hydrogen-bond donors (Lipinski definition) is 2. The summed E-state index contributed by atoms with van der Waals surface area (Å²) in [6.45, 7) is 3.43. The normalized spacial score (nSPS) is 18.4. The van der Waals surface area contributed by atoms with Gasteiger partial charge in [-0.3, -0.25) is 4.79 Å². The zero-order valence-corrected chi connectivity index (χ0v) is 19.5. The molecule has 2 fully saturated rings. The van der Waals surface area contributed by atoms with Crippen LogP contribution < -0.4 is 4.90 Å². The molecule has 1 aliphatic heterocycles. The van der Waals surface area contributed by atoms with Crippen molar-refractivity contribution in [3.63, 3.8) is 0 Å². The van der Waals surface area contributed by atoms with E-state index in [1.54, 1.807) is 19.2 Å². The Kier molecular flexibility index (Phi) is 6.04. The molecule has 1 saturated heterocycles. The smallest absolute Gasteiger partial charge is 0.311 e. The summed E-state index contributed by atoms with van der Waals surface area (Å²) in [5.74, 6) is -2.37. The highest BCUT2D eigenvalue weighted by molar-refractivity contribution is 5.80. The molecule has 1 aliphatic carbocycles. The first-order chi connectivity index (χ1) is 16.8. The van der Waals surface area contributed by atoms with Crippen molar-refractivity contribution in [3.8, 4) is 11.4 Å². The van der Waals surface area contributed by atoms with Crippen LogP contribution in [0.1, 0.15) is 38.2 Å². The topological polar surface area (TPSA) is 91.3 Å². The van der Waals surface area contributed by atoms with Crippen LogP contribution in [0.15, 0.2) is 48.7 Å². The molecule has 0 amide bonds. The van der Waals surface area contributed by atoms with Crippen molar-refractivity contribution in [3.05, 3.63) is 54.2 Å². The van der Waals surface area contributed by atoms with E-state index in [4.69, 9.17) is 4.74 Å². The molecule has 0 unspecified atom stereocenters. The molecular formula is C26H28F2N4O3. The van der Waals surface area contributed by atoms with E-state index in [2.05, 4.69) is 19.9 Å². The number of carboxylic acids is 1. The minimum Gasteiger partial charge on any atom is -0.481 e. The van der Waals surface area contributed by atoms with Crippen LogP contribution in [0.3, 0.4) is 0 Å². The Balaban J connectivity index is 1.22. The SMILES string of the molecule is CC=CC(F)(F)c1ccc2nc(-c3ccc(N4CCC(OCC5(C(=O)O)CC5)CC4)nc3)[nH]c2c1. The number of aromatic nitrogens is 3. The maximum Gasteiger partial charge on any atom is 0.311 e. The number of alkyl halides is 2. The number of nitrogens with zero attached hydrogens (tertiary/aromatic N) is 3. The zero-order chi connectivity index (χ0) is 24.6. The van der Waals surface area contributed by atoms with Gasteiger partial charge in [-0.15, -0.1) is 0 Å². The van der Waals surface area contributed by atoms with Gasteiger partial charge < -0.3 is 19.7 Å². The largest absolute Gasteiger partial charge is 0.481 e. The van der Waals surface area contributed by atoms with E-state index in [-0.39, 0.29) is 11.7 Å². The number of nitrogens with one attached hydrogen (secondary N) is 1. The van der Waals surface area contributed by atoms with E-state index < -0.39 is 17.3 Å². The highest BCUT2D eigenvalue weighted by Gasteiger charge is 2.51. The lowest BCUT2D eigenvalue weighted by Crippen LogP contribution is -2.38. The number of carboxylic acid groups (broad SMARTS) is 1. The fourth-order valence-corrected chi connectivity index (χ4v) is 4.47. The molecule has 0 radical (unpaired) electrons. The van der Waals surface area contributed by atoms with E-state index in [9.17, 15) is 18.7 Å². The fourth-order valence-electron chi connectivity index (χ4n) is 4.47. The summed E-state index contributed by atoms with van der Waals surface area (Å²) in [7, 11) is 0. The molecule has 2 N–H and O–H groups in total. The number of fused-ring (bicyclic) bond motifs is 1. The number of pyridine rings is 1. The van der Waals surface area contributed by atoms with Gasteiger partial charge >= 0.3 is 5.97 Å². The van der Waals surface area contributed by atoms with E-state index in [0.29, 0.717) is 36.3 Å². The standard InChI is InChI=1S/C26H28F2N4O3/c1-2-9-26(27,28)18-4-5-20-21(14-18)31-23(30-20)17-3-6-22(29-15-17)32-12-7-19(8-13-32)35-16-25(10-11-25)24(33)34/h2-6,9,14-15,19H,7-8,10-13,16H2,1H3,(H,30,31)(H,33,34). The van der Waals surface area contributed by atoms with Gasteiger partial charge in [-0.1, -0.05) is 12.1 Å². The highest BCUT2D eigenvalue weighted by atomic mass is 19.3. The average molecular weight is 483 g/mol. The average Bonchev–Trinajstić information content (AvgIpc) is 3.54. The van der Waals surface area contributed by atoms with Gasteiger partial charge in [0.15, 0.2) is 0 Å². The predicted molar refractivity (Wildman–Crippen MR) is 129 cm³/mol. The lowest BCUT2D eigenvalue weighted by molar-refractivity contribution is -0.147. The second-order valence-corrected chi connectivity index (χ2v) is 9.43. The quantitative estimate of drug-likeness (QED) is 0.432. The summed E-state index contributed by atoms with van der Waals surface area (Å²) in [4.78, 5) is 25.8. The van der Waals surface area contributed by atoms with Crippen molar-refractivity contribution in [2.24, 2.45) is 5.41 Å². The van der Waals surface area contributed by atoms with Gasteiger partial charge in [0.05, 0.1) is 29.2 Å². The minimum atomic E-state index is -3.04. The number of ether oxygens (including phenoxy) is 1. The summed E-state index contributed by atoms with van der Waals surface area (Å²) in [6, 6.07) is 8.27. The van der Waals surface area contributed by atoms with Crippen molar-refractivity contribution < 1.29 is 23.4 Å². The lowest BCUT2D eigenvalue weighted by atomic mass is 10.1. The Morgan fingerprint density at radius 2 is 2.06 bits per heavy atom. The summed E-state index contributed by atoms with van der Waals surface area (Å²) >= 11 is 0. The van der Waals surface area contributed by atoms with Crippen molar-refractivity contribution >= 4 is 22.8 Å². The number of allylic oxidation sites excluding steroid dienone is 2. The fraction of sp³-hybridized carbons (Fsp3) is 0.423. The molecule has 0 atom stereocenters.